The molecule has 2 aromatic rings. The van der Waals surface area contributed by atoms with Gasteiger partial charge in [0.25, 0.3) is 0 Å². The molecule has 2 heteroatoms. The fourth-order valence-electron chi connectivity index (χ4n) is 2.74. The summed E-state index contributed by atoms with van der Waals surface area (Å²) in [6.45, 7) is 26.6. The lowest BCUT2D eigenvalue weighted by Crippen LogP contribution is -1.91. The minimum atomic E-state index is -0.281. The highest BCUT2D eigenvalue weighted by Gasteiger charge is 2.07. The van der Waals surface area contributed by atoms with Gasteiger partial charge in [-0.25, -0.2) is 4.39 Å². The SMILES string of the molecule is C=C(C)/C=C\C(=C/C)c1cncc(C(/C=C\C)=C/C(=C)c2ccccc2F)c1.CC.CCCC.CCCC. The lowest BCUT2D eigenvalue weighted by Gasteiger charge is -2.09. The molecule has 0 N–H and O–H groups in total. The molecule has 0 saturated heterocycles. The largest absolute Gasteiger partial charge is 0.263 e. The molecule has 0 amide bonds. The summed E-state index contributed by atoms with van der Waals surface area (Å²) in [6, 6.07) is 8.73. The van der Waals surface area contributed by atoms with Gasteiger partial charge in [-0.15, -0.1) is 0 Å². The Labute approximate surface area is 234 Å². The second-order valence-corrected chi connectivity index (χ2v) is 8.49. The molecule has 208 valence electrons. The van der Waals surface area contributed by atoms with Gasteiger partial charge in [0.05, 0.1) is 0 Å². The lowest BCUT2D eigenvalue weighted by molar-refractivity contribution is 0.624. The quantitative estimate of drug-likeness (QED) is 0.301. The summed E-state index contributed by atoms with van der Waals surface area (Å²) in [7, 11) is 0. The smallest absolute Gasteiger partial charge is 0.131 e. The van der Waals surface area contributed by atoms with Gasteiger partial charge in [0.15, 0.2) is 0 Å². The highest BCUT2D eigenvalue weighted by Crippen LogP contribution is 2.26. The van der Waals surface area contributed by atoms with Crippen molar-refractivity contribution in [2.24, 2.45) is 0 Å². The van der Waals surface area contributed by atoms with Crippen LogP contribution in [0.5, 0.6) is 0 Å². The molecule has 1 heterocycles. The van der Waals surface area contributed by atoms with E-state index in [9.17, 15) is 4.39 Å². The second kappa shape index (κ2) is 24.1. The number of pyridine rings is 1. The fourth-order valence-corrected chi connectivity index (χ4v) is 2.74. The third-order valence-corrected chi connectivity index (χ3v) is 5.16. The number of nitrogens with zero attached hydrogens (tertiary/aromatic N) is 1. The molecule has 0 saturated carbocycles. The van der Waals surface area contributed by atoms with Crippen molar-refractivity contribution in [2.45, 2.75) is 88.0 Å². The molecule has 0 unspecified atom stereocenters. The molecule has 0 spiro atoms. The van der Waals surface area contributed by atoms with E-state index in [4.69, 9.17) is 0 Å². The molecule has 2 rings (SSSR count). The van der Waals surface area contributed by atoms with Crippen LogP contribution in [0.1, 0.15) is 105 Å². The van der Waals surface area contributed by atoms with Gasteiger partial charge in [-0.3, -0.25) is 4.98 Å². The van der Waals surface area contributed by atoms with Crippen molar-refractivity contribution < 1.29 is 4.39 Å². The van der Waals surface area contributed by atoms with E-state index < -0.39 is 0 Å². The number of unbranched alkanes of at least 4 members (excludes halogenated alkanes) is 2. The van der Waals surface area contributed by atoms with Crippen LogP contribution in [-0.4, -0.2) is 4.98 Å². The van der Waals surface area contributed by atoms with Gasteiger partial charge in [-0.2, -0.15) is 0 Å². The first-order chi connectivity index (χ1) is 18.3. The van der Waals surface area contributed by atoms with Gasteiger partial charge in [0.1, 0.15) is 5.82 Å². The first-order valence-electron chi connectivity index (χ1n) is 14.0. The molecule has 1 nitrogen and oxygen atoms in total. The van der Waals surface area contributed by atoms with Crippen molar-refractivity contribution in [2.75, 3.05) is 0 Å². The summed E-state index contributed by atoms with van der Waals surface area (Å²) < 4.78 is 14.1. The Morgan fingerprint density at radius 2 is 1.34 bits per heavy atom. The van der Waals surface area contributed by atoms with E-state index in [0.29, 0.717) is 11.1 Å². The Morgan fingerprint density at radius 3 is 1.79 bits per heavy atom. The number of rotatable bonds is 9. The van der Waals surface area contributed by atoms with Crippen LogP contribution < -0.4 is 0 Å². The first kappa shape index (κ1) is 36.9. The molecular weight excluding hydrogens is 465 g/mol. The molecule has 1 aromatic heterocycles. The molecule has 0 aliphatic carbocycles. The van der Waals surface area contributed by atoms with Crippen LogP contribution in [0.15, 0.2) is 97.9 Å². The number of halogens is 1. The van der Waals surface area contributed by atoms with E-state index in [-0.39, 0.29) is 5.82 Å². The minimum absolute atomic E-state index is 0.281. The van der Waals surface area contributed by atoms with E-state index in [1.165, 1.54) is 31.7 Å². The summed E-state index contributed by atoms with van der Waals surface area (Å²) in [5, 5.41) is 0. The summed E-state index contributed by atoms with van der Waals surface area (Å²) in [4.78, 5) is 4.41. The molecule has 0 bridgehead atoms. The number of aromatic nitrogens is 1. The van der Waals surface area contributed by atoms with Gasteiger partial charge in [0, 0.05) is 29.1 Å². The standard InChI is InChI=1S/C26H26FN.2C4H10.C2H6/c1-6-10-22(15-20(5)25-11-8-9-12-26(25)27)24-16-23(17-28-18-24)21(7-2)14-13-19(3)4;2*1-3-4-2;1-2/h6-18H,3,5H2,1-2,4H3;2*3-4H2,1-2H3;1-2H3/b10-6-,14-13-,21-7+,22-15+;;;. The van der Waals surface area contributed by atoms with Crippen molar-refractivity contribution in [3.8, 4) is 0 Å². The Kier molecular flexibility index (Phi) is 23.4. The van der Waals surface area contributed by atoms with Crippen molar-refractivity contribution in [1.29, 1.82) is 0 Å². The predicted molar refractivity (Wildman–Crippen MR) is 173 cm³/mol. The Hall–Kier alpha value is -3.26. The van der Waals surface area contributed by atoms with Crippen molar-refractivity contribution >= 4 is 16.7 Å². The number of benzene rings is 1. The molecule has 1 aromatic carbocycles. The van der Waals surface area contributed by atoms with Crippen LogP contribution in [0.3, 0.4) is 0 Å². The fraction of sp³-hybridized carbons (Fsp3) is 0.361. The van der Waals surface area contributed by atoms with E-state index >= 15 is 0 Å². The molecule has 38 heavy (non-hydrogen) atoms. The average molecular weight is 518 g/mol. The van der Waals surface area contributed by atoms with Crippen LogP contribution in [0.2, 0.25) is 0 Å². The van der Waals surface area contributed by atoms with Crippen molar-refractivity contribution in [1.82, 2.24) is 4.98 Å². The number of hydrogen-bond donors (Lipinski definition) is 0. The third-order valence-electron chi connectivity index (χ3n) is 5.16. The van der Waals surface area contributed by atoms with Crippen molar-refractivity contribution in [3.05, 3.63) is 120 Å². The van der Waals surface area contributed by atoms with E-state index in [0.717, 1.165) is 27.8 Å². The van der Waals surface area contributed by atoms with Crippen LogP contribution >= 0.6 is 0 Å². The second-order valence-electron chi connectivity index (χ2n) is 8.49. The Bertz CT molecular complexity index is 1040. The summed E-state index contributed by atoms with van der Waals surface area (Å²) in [6.07, 6.45) is 20.8. The molecule has 0 fully saturated rings. The zero-order valence-electron chi connectivity index (χ0n) is 25.6. The Morgan fingerprint density at radius 1 is 0.816 bits per heavy atom. The van der Waals surface area contributed by atoms with Crippen LogP contribution in [-0.2, 0) is 0 Å². The predicted octanol–water partition coefficient (Wildman–Crippen LogP) is 12.1. The lowest BCUT2D eigenvalue weighted by atomic mass is 9.97. The molecule has 0 aliphatic heterocycles. The van der Waals surface area contributed by atoms with Crippen LogP contribution in [0.25, 0.3) is 16.7 Å². The summed E-state index contributed by atoms with van der Waals surface area (Å²) in [5.74, 6) is -0.281. The average Bonchev–Trinajstić information content (AvgIpc) is 2.94. The zero-order valence-corrected chi connectivity index (χ0v) is 25.6. The van der Waals surface area contributed by atoms with E-state index in [1.54, 1.807) is 24.4 Å². The topological polar surface area (TPSA) is 12.9 Å². The molecule has 0 atom stereocenters. The van der Waals surface area contributed by atoms with E-state index in [1.807, 2.05) is 77.3 Å². The van der Waals surface area contributed by atoms with Gasteiger partial charge in [0.2, 0.25) is 0 Å². The number of allylic oxidation sites excluding steroid dienone is 10. The minimum Gasteiger partial charge on any atom is -0.263 e. The van der Waals surface area contributed by atoms with Crippen LogP contribution in [0, 0.1) is 5.82 Å². The molecular formula is C36H52FN. The van der Waals surface area contributed by atoms with Gasteiger partial charge in [-0.1, -0.05) is 135 Å². The summed E-state index contributed by atoms with van der Waals surface area (Å²) >= 11 is 0. The van der Waals surface area contributed by atoms with Crippen LogP contribution in [0.4, 0.5) is 4.39 Å². The van der Waals surface area contributed by atoms with Crippen molar-refractivity contribution in [3.63, 3.8) is 0 Å². The highest BCUT2D eigenvalue weighted by molar-refractivity contribution is 5.87. The summed E-state index contributed by atoms with van der Waals surface area (Å²) in [5.41, 5.74) is 6.02. The first-order valence-corrected chi connectivity index (χ1v) is 14.0. The Balaban J connectivity index is 0. The highest BCUT2D eigenvalue weighted by atomic mass is 19.1. The maximum atomic E-state index is 14.1. The maximum Gasteiger partial charge on any atom is 0.131 e. The monoisotopic (exact) mass is 517 g/mol. The molecule has 0 radical (unpaired) electrons. The molecule has 0 aliphatic rings. The number of hydrogen-bond acceptors (Lipinski definition) is 1. The maximum absolute atomic E-state index is 14.1. The van der Waals surface area contributed by atoms with Gasteiger partial charge < -0.3 is 0 Å². The zero-order chi connectivity index (χ0) is 29.3. The van der Waals surface area contributed by atoms with Gasteiger partial charge in [-0.05, 0) is 55.7 Å². The normalized spacial score (nSPS) is 11.1. The van der Waals surface area contributed by atoms with E-state index in [2.05, 4.69) is 51.9 Å². The third kappa shape index (κ3) is 15.8. The van der Waals surface area contributed by atoms with Gasteiger partial charge >= 0.3 is 0 Å².